The molecule has 1 aliphatic rings. The van der Waals surface area contributed by atoms with Gasteiger partial charge in [-0.3, -0.25) is 0 Å². The van der Waals surface area contributed by atoms with Crippen LogP contribution < -0.4 is 0 Å². The quantitative estimate of drug-likeness (QED) is 0.580. The first-order valence-electron chi connectivity index (χ1n) is 3.59. The summed E-state index contributed by atoms with van der Waals surface area (Å²) in [6.45, 7) is 2.08. The Kier molecular flexibility index (Phi) is 2.49. The van der Waals surface area contributed by atoms with Crippen molar-refractivity contribution in [2.75, 3.05) is 6.79 Å². The monoisotopic (exact) mass is 130 g/mol. The van der Waals surface area contributed by atoms with E-state index < -0.39 is 0 Å². The zero-order valence-corrected chi connectivity index (χ0v) is 5.84. The Morgan fingerprint density at radius 3 is 2.67 bits per heavy atom. The zero-order chi connectivity index (χ0) is 6.69. The van der Waals surface area contributed by atoms with Gasteiger partial charge in [-0.2, -0.15) is 0 Å². The Morgan fingerprint density at radius 2 is 2.22 bits per heavy atom. The van der Waals surface area contributed by atoms with Crippen LogP contribution in [0.15, 0.2) is 0 Å². The van der Waals surface area contributed by atoms with E-state index in [-0.39, 0.29) is 6.79 Å². The van der Waals surface area contributed by atoms with E-state index in [2.05, 4.69) is 6.92 Å². The van der Waals surface area contributed by atoms with Crippen LogP contribution in [-0.2, 0) is 4.74 Å². The van der Waals surface area contributed by atoms with Gasteiger partial charge in [-0.1, -0.05) is 13.3 Å². The lowest BCUT2D eigenvalue weighted by atomic mass is 9.81. The van der Waals surface area contributed by atoms with Crippen molar-refractivity contribution in [1.82, 2.24) is 0 Å². The predicted octanol–water partition coefficient (Wildman–Crippen LogP) is 1.14. The highest BCUT2D eigenvalue weighted by Crippen LogP contribution is 2.31. The summed E-state index contributed by atoms with van der Waals surface area (Å²) in [5.74, 6) is 0.863. The van der Waals surface area contributed by atoms with E-state index in [1.54, 1.807) is 0 Å². The van der Waals surface area contributed by atoms with Gasteiger partial charge >= 0.3 is 0 Å². The van der Waals surface area contributed by atoms with Crippen molar-refractivity contribution in [3.8, 4) is 0 Å². The molecule has 0 aromatic heterocycles. The number of aliphatic hydroxyl groups is 1. The molecule has 1 fully saturated rings. The van der Waals surface area contributed by atoms with Gasteiger partial charge in [0, 0.05) is 0 Å². The van der Waals surface area contributed by atoms with Gasteiger partial charge in [-0.15, -0.1) is 0 Å². The van der Waals surface area contributed by atoms with Crippen molar-refractivity contribution in [2.45, 2.75) is 32.3 Å². The third-order valence-corrected chi connectivity index (χ3v) is 2.08. The standard InChI is InChI=1S/C7H14O2/c1-2-6-3-7(4-6)9-5-8/h6-8H,2-5H2,1H3. The van der Waals surface area contributed by atoms with Crippen LogP contribution in [0.2, 0.25) is 0 Å². The van der Waals surface area contributed by atoms with Gasteiger partial charge in [0.05, 0.1) is 6.10 Å². The highest BCUT2D eigenvalue weighted by Gasteiger charge is 2.27. The van der Waals surface area contributed by atoms with E-state index in [4.69, 9.17) is 9.84 Å². The van der Waals surface area contributed by atoms with Crippen molar-refractivity contribution in [3.63, 3.8) is 0 Å². The van der Waals surface area contributed by atoms with Crippen LogP contribution in [0.3, 0.4) is 0 Å². The Morgan fingerprint density at radius 1 is 1.56 bits per heavy atom. The Balaban J connectivity index is 1.98. The van der Waals surface area contributed by atoms with E-state index in [0.717, 1.165) is 18.8 Å². The van der Waals surface area contributed by atoms with Crippen molar-refractivity contribution in [3.05, 3.63) is 0 Å². The molecule has 2 heteroatoms. The molecule has 1 aliphatic carbocycles. The smallest absolute Gasteiger partial charge is 0.143 e. The second-order valence-electron chi connectivity index (χ2n) is 2.66. The first-order chi connectivity index (χ1) is 4.36. The molecule has 0 unspecified atom stereocenters. The Labute approximate surface area is 55.8 Å². The maximum atomic E-state index is 8.34. The second kappa shape index (κ2) is 3.18. The van der Waals surface area contributed by atoms with E-state index in [1.807, 2.05) is 0 Å². The second-order valence-corrected chi connectivity index (χ2v) is 2.66. The summed E-state index contributed by atoms with van der Waals surface area (Å²) >= 11 is 0. The summed E-state index contributed by atoms with van der Waals surface area (Å²) in [6.07, 6.45) is 3.92. The van der Waals surface area contributed by atoms with E-state index in [9.17, 15) is 0 Å². The molecule has 0 heterocycles. The van der Waals surface area contributed by atoms with Crippen LogP contribution in [0.1, 0.15) is 26.2 Å². The molecule has 1 N–H and O–H groups in total. The Bertz CT molecular complexity index is 77.0. The summed E-state index contributed by atoms with van der Waals surface area (Å²) in [4.78, 5) is 0. The van der Waals surface area contributed by atoms with E-state index in [0.29, 0.717) is 6.10 Å². The molecular weight excluding hydrogens is 116 g/mol. The fourth-order valence-corrected chi connectivity index (χ4v) is 1.25. The van der Waals surface area contributed by atoms with Gasteiger partial charge in [0.25, 0.3) is 0 Å². The highest BCUT2D eigenvalue weighted by atomic mass is 16.6. The first-order valence-corrected chi connectivity index (χ1v) is 3.59. The first kappa shape index (κ1) is 7.03. The fourth-order valence-electron chi connectivity index (χ4n) is 1.25. The molecule has 0 atom stereocenters. The molecule has 0 aromatic carbocycles. The summed E-state index contributed by atoms with van der Waals surface area (Å²) in [5, 5.41) is 8.34. The summed E-state index contributed by atoms with van der Waals surface area (Å²) < 4.78 is 4.97. The van der Waals surface area contributed by atoms with E-state index in [1.165, 1.54) is 6.42 Å². The SMILES string of the molecule is CCC1CC(OCO)C1. The van der Waals surface area contributed by atoms with Crippen molar-refractivity contribution >= 4 is 0 Å². The molecule has 0 spiro atoms. The largest absolute Gasteiger partial charge is 0.371 e. The fraction of sp³-hybridized carbons (Fsp3) is 1.00. The normalized spacial score (nSPS) is 34.0. The third-order valence-electron chi connectivity index (χ3n) is 2.08. The predicted molar refractivity (Wildman–Crippen MR) is 35.0 cm³/mol. The number of ether oxygens (including phenoxy) is 1. The summed E-state index contributed by atoms with van der Waals surface area (Å²) in [5.41, 5.74) is 0. The number of hydrogen-bond donors (Lipinski definition) is 1. The lowest BCUT2D eigenvalue weighted by molar-refractivity contribution is -0.0987. The zero-order valence-electron chi connectivity index (χ0n) is 5.84. The maximum Gasteiger partial charge on any atom is 0.143 e. The molecular formula is C7H14O2. The minimum absolute atomic E-state index is 0.110. The molecule has 0 aliphatic heterocycles. The topological polar surface area (TPSA) is 29.5 Å². The molecule has 2 nitrogen and oxygen atoms in total. The van der Waals surface area contributed by atoms with Gasteiger partial charge in [0.15, 0.2) is 0 Å². The van der Waals surface area contributed by atoms with Crippen molar-refractivity contribution in [1.29, 1.82) is 0 Å². The van der Waals surface area contributed by atoms with E-state index >= 15 is 0 Å². The number of hydrogen-bond acceptors (Lipinski definition) is 2. The number of aliphatic hydroxyl groups excluding tert-OH is 1. The molecule has 9 heavy (non-hydrogen) atoms. The van der Waals surface area contributed by atoms with Gasteiger partial charge in [-0.05, 0) is 18.8 Å². The molecule has 0 saturated heterocycles. The molecule has 0 bridgehead atoms. The van der Waals surface area contributed by atoms with Gasteiger partial charge in [-0.25, -0.2) is 0 Å². The minimum atomic E-state index is -0.110. The Hall–Kier alpha value is -0.0800. The highest BCUT2D eigenvalue weighted by molar-refractivity contribution is 4.78. The third kappa shape index (κ3) is 1.66. The van der Waals surface area contributed by atoms with Crippen LogP contribution in [-0.4, -0.2) is 18.0 Å². The number of rotatable bonds is 3. The van der Waals surface area contributed by atoms with Crippen LogP contribution in [0.25, 0.3) is 0 Å². The van der Waals surface area contributed by atoms with Gasteiger partial charge in [0.2, 0.25) is 0 Å². The molecule has 0 radical (unpaired) electrons. The molecule has 54 valence electrons. The lowest BCUT2D eigenvalue weighted by Crippen LogP contribution is -2.30. The van der Waals surface area contributed by atoms with Gasteiger partial charge in [0.1, 0.15) is 6.79 Å². The van der Waals surface area contributed by atoms with Crippen LogP contribution in [0, 0.1) is 5.92 Å². The van der Waals surface area contributed by atoms with Crippen LogP contribution >= 0.6 is 0 Å². The molecule has 1 rings (SSSR count). The van der Waals surface area contributed by atoms with Crippen LogP contribution in [0.5, 0.6) is 0 Å². The minimum Gasteiger partial charge on any atom is -0.371 e. The maximum absolute atomic E-state index is 8.34. The van der Waals surface area contributed by atoms with Crippen LogP contribution in [0.4, 0.5) is 0 Å². The lowest BCUT2D eigenvalue weighted by Gasteiger charge is -2.33. The average molecular weight is 130 g/mol. The van der Waals surface area contributed by atoms with Gasteiger partial charge < -0.3 is 9.84 Å². The summed E-state index contributed by atoms with van der Waals surface area (Å²) in [6, 6.07) is 0. The van der Waals surface area contributed by atoms with Crippen molar-refractivity contribution < 1.29 is 9.84 Å². The van der Waals surface area contributed by atoms with Crippen molar-refractivity contribution in [2.24, 2.45) is 5.92 Å². The molecule has 0 aromatic rings. The summed E-state index contributed by atoms with van der Waals surface area (Å²) in [7, 11) is 0. The molecule has 1 saturated carbocycles. The average Bonchev–Trinajstić information content (AvgIpc) is 1.77. The molecule has 0 amide bonds.